The van der Waals surface area contributed by atoms with Crippen molar-refractivity contribution < 1.29 is 61.8 Å². The van der Waals surface area contributed by atoms with Gasteiger partial charge in [-0.2, -0.15) is 0 Å². The molecule has 0 aliphatic carbocycles. The zero-order valence-electron chi connectivity index (χ0n) is 6.72. The quantitative estimate of drug-likeness (QED) is 0.377. The molecule has 0 aromatic carbocycles. The molecule has 0 bridgehead atoms. The minimum atomic E-state index is -1.08. The Morgan fingerprint density at radius 3 is 1.00 bits per heavy atom. The third kappa shape index (κ3) is 466. The van der Waals surface area contributed by atoms with Gasteiger partial charge in [0, 0.05) is 11.9 Å². The van der Waals surface area contributed by atoms with Crippen molar-refractivity contribution in [2.24, 2.45) is 0 Å². The van der Waals surface area contributed by atoms with Gasteiger partial charge in [-0.3, -0.25) is 0 Å². The van der Waals surface area contributed by atoms with Crippen molar-refractivity contribution in [3.05, 3.63) is 0 Å². The number of hydrogen-bond acceptors (Lipinski definition) is 4. The second kappa shape index (κ2) is 22.5. The Morgan fingerprint density at radius 1 is 1.00 bits per heavy atom. The summed E-state index contributed by atoms with van der Waals surface area (Å²) < 4.78 is 0. The molecule has 0 atom stereocenters. The molecule has 0 spiro atoms. The van der Waals surface area contributed by atoms with Gasteiger partial charge in [-0.05, 0) is 13.8 Å². The minimum Gasteiger partial charge on any atom is -1.00 e. The third-order valence-electron chi connectivity index (χ3n) is 0. The molecular formula is C4H6CaClNaO4. The molecule has 0 saturated carbocycles. The first-order valence-corrected chi connectivity index (χ1v) is 1.82. The Labute approximate surface area is 123 Å². The van der Waals surface area contributed by atoms with E-state index in [-0.39, 0.29) is 79.7 Å². The van der Waals surface area contributed by atoms with Crippen LogP contribution < -0.4 is 52.2 Å². The molecule has 0 aromatic rings. The van der Waals surface area contributed by atoms with Crippen LogP contribution in [0.25, 0.3) is 0 Å². The maximum absolute atomic E-state index is 8.89. The summed E-state index contributed by atoms with van der Waals surface area (Å²) in [6, 6.07) is 0. The Bertz CT molecular complexity index is 80.1. The molecule has 11 heavy (non-hydrogen) atoms. The van der Waals surface area contributed by atoms with Crippen molar-refractivity contribution in [1.29, 1.82) is 0 Å². The van der Waals surface area contributed by atoms with Crippen molar-refractivity contribution in [1.82, 2.24) is 0 Å². The summed E-state index contributed by atoms with van der Waals surface area (Å²) in [7, 11) is 0. The Hall–Kier alpha value is 1.49. The van der Waals surface area contributed by atoms with E-state index < -0.39 is 11.9 Å². The van der Waals surface area contributed by atoms with Crippen molar-refractivity contribution in [2.45, 2.75) is 13.8 Å². The van der Waals surface area contributed by atoms with Gasteiger partial charge in [0.1, 0.15) is 0 Å². The normalized spacial score (nSPS) is 4.55. The van der Waals surface area contributed by atoms with E-state index in [0.717, 1.165) is 13.8 Å². The van der Waals surface area contributed by atoms with Gasteiger partial charge in [0.2, 0.25) is 0 Å². The van der Waals surface area contributed by atoms with Gasteiger partial charge in [-0.1, -0.05) is 0 Å². The van der Waals surface area contributed by atoms with Gasteiger partial charge in [-0.25, -0.2) is 0 Å². The molecule has 0 aliphatic rings. The SMILES string of the molecule is CC(=O)[O-].CC(=O)[O-].[Ca+2].[Cl-].[Na+]. The number of aliphatic carboxylic acids is 2. The predicted molar refractivity (Wildman–Crippen MR) is 27.1 cm³/mol. The van der Waals surface area contributed by atoms with Gasteiger partial charge >= 0.3 is 67.3 Å². The first-order chi connectivity index (χ1) is 3.46. The van der Waals surface area contributed by atoms with Crippen LogP contribution in [-0.4, -0.2) is 49.7 Å². The summed E-state index contributed by atoms with van der Waals surface area (Å²) in [5.41, 5.74) is 0. The number of carbonyl (C=O) groups excluding carboxylic acids is 2. The van der Waals surface area contributed by atoms with Gasteiger partial charge in [0.25, 0.3) is 0 Å². The monoisotopic (exact) mass is 216 g/mol. The fourth-order valence-corrected chi connectivity index (χ4v) is 0. The molecule has 0 aromatic heterocycles. The van der Waals surface area contributed by atoms with E-state index in [0.29, 0.717) is 0 Å². The van der Waals surface area contributed by atoms with Crippen LogP contribution in [0.15, 0.2) is 0 Å². The van der Waals surface area contributed by atoms with Gasteiger partial charge < -0.3 is 32.2 Å². The number of hydrogen-bond donors (Lipinski definition) is 0. The minimum absolute atomic E-state index is 0. The molecule has 0 amide bonds. The van der Waals surface area contributed by atoms with Crippen molar-refractivity contribution in [3.8, 4) is 0 Å². The fraction of sp³-hybridized carbons (Fsp3) is 0.500. The Balaban J connectivity index is -0.0000000171. The van der Waals surface area contributed by atoms with E-state index in [1.807, 2.05) is 0 Å². The predicted octanol–water partition coefficient (Wildman–Crippen LogP) is -8.86. The van der Waals surface area contributed by atoms with E-state index >= 15 is 0 Å². The zero-order valence-corrected chi connectivity index (χ0v) is 11.7. The van der Waals surface area contributed by atoms with Crippen LogP contribution in [0.4, 0.5) is 0 Å². The summed E-state index contributed by atoms with van der Waals surface area (Å²) in [5.74, 6) is -2.17. The van der Waals surface area contributed by atoms with Gasteiger partial charge in [0.15, 0.2) is 0 Å². The first kappa shape index (κ1) is 29.4. The van der Waals surface area contributed by atoms with Crippen LogP contribution in [0.1, 0.15) is 13.8 Å². The standard InChI is InChI=1S/2C2H4O2.Ca.ClH.Na/c2*1-2(3)4;;;/h2*1H3,(H,3,4);;1H;/q;;+2;;+1/p-3. The Kier molecular flexibility index (Phi) is 60.2. The molecule has 4 nitrogen and oxygen atoms in total. The average molecular weight is 217 g/mol. The molecule has 0 N–H and O–H groups in total. The molecule has 0 unspecified atom stereocenters. The molecule has 0 rings (SSSR count). The Morgan fingerprint density at radius 2 is 1.00 bits per heavy atom. The molecule has 0 fully saturated rings. The third-order valence-corrected chi connectivity index (χ3v) is 0. The average Bonchev–Trinajstić information content (AvgIpc) is 1.25. The number of rotatable bonds is 0. The van der Waals surface area contributed by atoms with Crippen LogP contribution in [0.5, 0.6) is 0 Å². The van der Waals surface area contributed by atoms with Crippen LogP contribution in [-0.2, 0) is 9.59 Å². The largest absolute Gasteiger partial charge is 2.00 e. The summed E-state index contributed by atoms with van der Waals surface area (Å²) in [5, 5.41) is 17.8. The van der Waals surface area contributed by atoms with E-state index in [9.17, 15) is 0 Å². The maximum Gasteiger partial charge on any atom is 2.00 e. The van der Waals surface area contributed by atoms with Gasteiger partial charge in [-0.15, -0.1) is 0 Å². The molecule has 0 saturated heterocycles. The summed E-state index contributed by atoms with van der Waals surface area (Å²) in [6.07, 6.45) is 0. The number of halogens is 1. The van der Waals surface area contributed by atoms with Crippen molar-refractivity contribution >= 4 is 49.7 Å². The molecule has 0 aliphatic heterocycles. The van der Waals surface area contributed by atoms with E-state index in [2.05, 4.69) is 0 Å². The van der Waals surface area contributed by atoms with E-state index in [1.54, 1.807) is 0 Å². The molecule has 56 valence electrons. The maximum atomic E-state index is 8.89. The zero-order chi connectivity index (χ0) is 7.15. The van der Waals surface area contributed by atoms with Crippen LogP contribution >= 0.6 is 0 Å². The van der Waals surface area contributed by atoms with Crippen LogP contribution in [0.3, 0.4) is 0 Å². The fourth-order valence-electron chi connectivity index (χ4n) is 0. The molecule has 0 radical (unpaired) electrons. The topological polar surface area (TPSA) is 80.3 Å². The van der Waals surface area contributed by atoms with Crippen molar-refractivity contribution in [2.75, 3.05) is 0 Å². The number of carboxylic acid groups (broad SMARTS) is 2. The summed E-state index contributed by atoms with van der Waals surface area (Å²) >= 11 is 0. The molecule has 0 heterocycles. The molecular weight excluding hydrogens is 211 g/mol. The van der Waals surface area contributed by atoms with Crippen LogP contribution in [0.2, 0.25) is 0 Å². The number of carboxylic acids is 2. The first-order valence-electron chi connectivity index (χ1n) is 1.82. The summed E-state index contributed by atoms with van der Waals surface area (Å²) in [4.78, 5) is 17.8. The molecule has 7 heteroatoms. The van der Waals surface area contributed by atoms with Crippen LogP contribution in [0, 0.1) is 0 Å². The number of carbonyl (C=O) groups is 2. The van der Waals surface area contributed by atoms with Crippen molar-refractivity contribution in [3.63, 3.8) is 0 Å². The smallest absolute Gasteiger partial charge is 1.00 e. The van der Waals surface area contributed by atoms with E-state index in [1.165, 1.54) is 0 Å². The summed E-state index contributed by atoms with van der Waals surface area (Å²) in [6.45, 7) is 1.94. The second-order valence-electron chi connectivity index (χ2n) is 0.983. The second-order valence-corrected chi connectivity index (χ2v) is 0.983. The van der Waals surface area contributed by atoms with Gasteiger partial charge in [0.05, 0.1) is 0 Å². The van der Waals surface area contributed by atoms with E-state index in [4.69, 9.17) is 19.8 Å².